The minimum atomic E-state index is -4.90. The van der Waals surface area contributed by atoms with Crippen LogP contribution in [-0.2, 0) is 28.7 Å². The van der Waals surface area contributed by atoms with Crippen molar-refractivity contribution in [1.82, 2.24) is 31.2 Å². The molecule has 84 heavy (non-hydrogen) atoms. The van der Waals surface area contributed by atoms with Crippen LogP contribution in [0.1, 0.15) is 72.2 Å². The maximum Gasteiger partial charge on any atom is 0.461 e. The molecule has 2 aliphatic rings. The Hall–Kier alpha value is -6.16. The fraction of sp³-hybridized carbons (Fsp3) is 0.351. The molecular weight excluding hydrogens is 1230 g/mol. The predicted molar refractivity (Wildman–Crippen MR) is 303 cm³/mol. The van der Waals surface area contributed by atoms with Crippen molar-refractivity contribution in [2.45, 2.75) is 106 Å². The minimum absolute atomic E-state index is 0.0583. The Kier molecular flexibility index (Phi) is 26.0. The van der Waals surface area contributed by atoms with E-state index in [1.807, 2.05) is 0 Å². The number of Topliss-reactive ketones (excluding diaryl/α,β-unsaturated/α-hetero) is 1. The van der Waals surface area contributed by atoms with E-state index in [0.29, 0.717) is 61.8 Å². The third-order valence-electron chi connectivity index (χ3n) is 12.8. The number of hydrogen-bond acceptors (Lipinski definition) is 8. The number of urea groups is 2. The molecule has 2 saturated carbocycles. The molecule has 0 saturated heterocycles. The summed E-state index contributed by atoms with van der Waals surface area (Å²) in [5, 5.41) is 21.7. The molecule has 2 heterocycles. The van der Waals surface area contributed by atoms with Gasteiger partial charge in [-0.1, -0.05) is 83.9 Å². The highest BCUT2D eigenvalue weighted by atomic mass is 35.5. The number of carbonyl (C=O) groups excluding carboxylic acids is 3. The molecule has 0 bridgehead atoms. The highest BCUT2D eigenvalue weighted by Gasteiger charge is 2.47. The van der Waals surface area contributed by atoms with E-state index in [-0.39, 0.29) is 56.5 Å². The van der Waals surface area contributed by atoms with Crippen molar-refractivity contribution in [3.8, 4) is 11.5 Å². The molecule has 0 radical (unpaired) electrons. The standard InChI is InChI=1S/C27H25ClF5N3O3.C27H23ClF5N3O3.C2H7P.CH2Cl2/c2*28-18-9-10-23(34-15-18)26(14-16-5-2-1-3-6-16,36-25(38)35-21-7-4-8-22(21)37)17-11-19(29)13-20(12-17)39-27(32,33)24(30)31;1-3-2;2-1-3/h1-3,5-6,9-13,15,21-22,24,37H,4,7-8,14H2,(H2,35,36,38);1-3,5-6,9-13,15,21,24H,4,7-8,14H2,(H2,35,36,38);3H,1-2H3;1H2/t21?,22-,26+;21?,26-;;/m10../s1. The Labute approximate surface area is 499 Å². The van der Waals surface area contributed by atoms with E-state index in [2.05, 4.69) is 54.0 Å². The Bertz CT molecular complexity index is 3070. The van der Waals surface area contributed by atoms with Gasteiger partial charge >= 0.3 is 37.1 Å². The number of amides is 4. The van der Waals surface area contributed by atoms with Crippen molar-refractivity contribution in [3.63, 3.8) is 0 Å². The van der Waals surface area contributed by atoms with E-state index in [4.69, 9.17) is 46.4 Å². The van der Waals surface area contributed by atoms with Crippen LogP contribution in [0.2, 0.25) is 10.0 Å². The van der Waals surface area contributed by atoms with Crippen molar-refractivity contribution < 1.29 is 72.9 Å². The molecule has 4 aromatic carbocycles. The van der Waals surface area contributed by atoms with Crippen LogP contribution < -0.4 is 30.7 Å². The summed E-state index contributed by atoms with van der Waals surface area (Å²) in [5.74, 6) is -4.09. The van der Waals surface area contributed by atoms with Crippen LogP contribution in [0.4, 0.5) is 53.5 Å². The van der Waals surface area contributed by atoms with Gasteiger partial charge in [0.1, 0.15) is 34.2 Å². The number of nitrogens with zero attached hydrogens (tertiary/aromatic N) is 2. The molecule has 5 atom stereocenters. The average Bonchev–Trinajstić information content (AvgIpc) is 1.20. The van der Waals surface area contributed by atoms with E-state index >= 15 is 0 Å². The second-order valence-corrected chi connectivity index (χ2v) is 21.6. The second kappa shape index (κ2) is 31.8. The van der Waals surface area contributed by atoms with Gasteiger partial charge in [0.2, 0.25) is 0 Å². The van der Waals surface area contributed by atoms with Crippen molar-refractivity contribution >= 4 is 72.8 Å². The average molecular weight is 1280 g/mol. The minimum Gasteiger partial charge on any atom is -0.428 e. The number of rotatable bonds is 18. The molecular formula is C57H57Cl4F10N6O6P. The Morgan fingerprint density at radius 3 is 1.40 bits per heavy atom. The number of pyridine rings is 2. The van der Waals surface area contributed by atoms with E-state index in [9.17, 15) is 63.4 Å². The first-order valence-electron chi connectivity index (χ1n) is 25.5. The maximum atomic E-state index is 14.9. The van der Waals surface area contributed by atoms with Crippen LogP contribution in [0.5, 0.6) is 11.5 Å². The first-order valence-corrected chi connectivity index (χ1v) is 29.3. The molecule has 0 aliphatic heterocycles. The Morgan fingerprint density at radius 2 is 1.06 bits per heavy atom. The lowest BCUT2D eigenvalue weighted by molar-refractivity contribution is -0.253. The molecule has 5 N–H and O–H groups in total. The summed E-state index contributed by atoms with van der Waals surface area (Å²) in [7, 11) is 1.08. The fourth-order valence-electron chi connectivity index (χ4n) is 9.11. The van der Waals surface area contributed by atoms with Crippen LogP contribution in [-0.4, -0.2) is 94.8 Å². The normalized spacial score (nSPS) is 17.2. The summed E-state index contributed by atoms with van der Waals surface area (Å²) >= 11 is 21.6. The number of aliphatic hydroxyl groups is 1. The molecule has 2 aliphatic carbocycles. The highest BCUT2D eigenvalue weighted by Crippen LogP contribution is 2.40. The van der Waals surface area contributed by atoms with Crippen molar-refractivity contribution in [2.24, 2.45) is 0 Å². The monoisotopic (exact) mass is 1280 g/mol. The number of nitrogens with one attached hydrogen (secondary N) is 4. The van der Waals surface area contributed by atoms with Gasteiger partial charge < -0.3 is 35.8 Å². The third-order valence-corrected chi connectivity index (χ3v) is 13.2. The second-order valence-electron chi connectivity index (χ2n) is 19.0. The number of hydrogen-bond donors (Lipinski definition) is 5. The Morgan fingerprint density at radius 1 is 0.643 bits per heavy atom. The van der Waals surface area contributed by atoms with Crippen molar-refractivity contribution in [3.05, 3.63) is 189 Å². The van der Waals surface area contributed by atoms with Crippen LogP contribution >= 0.6 is 55.0 Å². The third kappa shape index (κ3) is 19.4. The van der Waals surface area contributed by atoms with Crippen LogP contribution in [0.15, 0.2) is 134 Å². The number of aliphatic hydroxyl groups excluding tert-OH is 1. The zero-order valence-corrected chi connectivity index (χ0v) is 48.7. The lowest BCUT2D eigenvalue weighted by atomic mass is 9.80. The summed E-state index contributed by atoms with van der Waals surface area (Å²) in [6, 6.07) is 25.2. The van der Waals surface area contributed by atoms with E-state index in [1.54, 1.807) is 60.7 Å². The van der Waals surface area contributed by atoms with Gasteiger partial charge in [-0.15, -0.1) is 31.8 Å². The molecule has 0 spiro atoms. The van der Waals surface area contributed by atoms with E-state index in [0.717, 1.165) is 32.8 Å². The van der Waals surface area contributed by atoms with E-state index < -0.39 is 89.5 Å². The van der Waals surface area contributed by atoms with Crippen molar-refractivity contribution in [1.29, 1.82) is 0 Å². The van der Waals surface area contributed by atoms with Gasteiger partial charge in [-0.25, -0.2) is 18.4 Å². The number of alkyl halides is 10. The zero-order valence-electron chi connectivity index (χ0n) is 44.6. The van der Waals surface area contributed by atoms with Crippen LogP contribution in [0.25, 0.3) is 0 Å². The maximum absolute atomic E-state index is 14.9. The lowest BCUT2D eigenvalue weighted by Gasteiger charge is -2.36. The summed E-state index contributed by atoms with van der Waals surface area (Å²) in [5.41, 5.74) is -2.18. The molecule has 4 amide bonds. The van der Waals surface area contributed by atoms with Crippen LogP contribution in [0, 0.1) is 11.6 Å². The van der Waals surface area contributed by atoms with Gasteiger partial charge in [-0.2, -0.15) is 35.1 Å². The first-order chi connectivity index (χ1) is 39.8. The number of benzene rings is 4. The molecule has 2 unspecified atom stereocenters. The van der Waals surface area contributed by atoms with Gasteiger partial charge in [0, 0.05) is 43.8 Å². The summed E-state index contributed by atoms with van der Waals surface area (Å²) in [6.07, 6.45) is -13.4. The zero-order chi connectivity index (χ0) is 61.8. The molecule has 12 nitrogen and oxygen atoms in total. The molecule has 8 rings (SSSR count). The number of halogens is 14. The van der Waals surface area contributed by atoms with Gasteiger partial charge in [0.25, 0.3) is 0 Å². The number of carbonyl (C=O) groups is 3. The highest BCUT2D eigenvalue weighted by molar-refractivity contribution is 7.35. The molecule has 454 valence electrons. The SMILES string of the molecule is CPC.ClCCl.O=C(NC1CCCC1=O)N[C@@](Cc1ccccc1)(c1cc(F)cc(OC(F)(F)C(F)F)c1)c1ccc(Cl)cn1.O=C(NC1CCC[C@H]1O)N[C@@](Cc1ccccc1)(c1cc(F)cc(OC(F)(F)C(F)F)c1)c1ccc(Cl)cn1. The lowest BCUT2D eigenvalue weighted by Crippen LogP contribution is -2.55. The molecule has 2 fully saturated rings. The summed E-state index contributed by atoms with van der Waals surface area (Å²) in [6.45, 7) is 4.31. The van der Waals surface area contributed by atoms with Gasteiger partial charge in [0.05, 0.1) is 45.0 Å². The van der Waals surface area contributed by atoms with E-state index in [1.165, 1.54) is 36.7 Å². The van der Waals surface area contributed by atoms with Gasteiger partial charge in [-0.05, 0) is 116 Å². The molecule has 6 aromatic rings. The molecule has 27 heteroatoms. The number of ether oxygens (including phenoxy) is 2. The summed E-state index contributed by atoms with van der Waals surface area (Å²) in [4.78, 5) is 47.4. The largest absolute Gasteiger partial charge is 0.461 e. The van der Waals surface area contributed by atoms with Gasteiger partial charge in [-0.3, -0.25) is 14.8 Å². The summed E-state index contributed by atoms with van der Waals surface area (Å²) < 4.78 is 144. The molecule has 2 aromatic heterocycles. The van der Waals surface area contributed by atoms with Crippen LogP contribution in [0.3, 0.4) is 0 Å². The topological polar surface area (TPSA) is 164 Å². The quantitative estimate of drug-likeness (QED) is 0.0323. The predicted octanol–water partition coefficient (Wildman–Crippen LogP) is 14.2. The number of ketones is 1. The van der Waals surface area contributed by atoms with Gasteiger partial charge in [0.15, 0.2) is 5.78 Å². The first kappa shape index (κ1) is 68.6. The smallest absolute Gasteiger partial charge is 0.428 e. The fourth-order valence-corrected chi connectivity index (χ4v) is 9.33. The Balaban J connectivity index is 0.000000281. The van der Waals surface area contributed by atoms with Crippen molar-refractivity contribution in [2.75, 3.05) is 18.7 Å². The number of aromatic nitrogens is 2.